The van der Waals surface area contributed by atoms with Crippen LogP contribution in [0.5, 0.6) is 0 Å². The molecule has 1 aliphatic carbocycles. The lowest BCUT2D eigenvalue weighted by atomic mass is 9.95. The lowest BCUT2D eigenvalue weighted by Crippen LogP contribution is -2.22. The van der Waals surface area contributed by atoms with Gasteiger partial charge in [0, 0.05) is 4.88 Å². The molecule has 0 aliphatic heterocycles. The van der Waals surface area contributed by atoms with Crippen molar-refractivity contribution in [2.75, 3.05) is 17.2 Å². The monoisotopic (exact) mass is 428 g/mol. The summed E-state index contributed by atoms with van der Waals surface area (Å²) >= 11 is 6.62. The van der Waals surface area contributed by atoms with E-state index in [4.69, 9.17) is 17.0 Å². The number of hydrogen-bond donors (Lipinski definition) is 2. The van der Waals surface area contributed by atoms with Gasteiger partial charge in [0.15, 0.2) is 5.11 Å². The summed E-state index contributed by atoms with van der Waals surface area (Å²) in [7, 11) is 0. The molecule has 28 heavy (non-hydrogen) atoms. The van der Waals surface area contributed by atoms with Crippen LogP contribution in [0, 0.1) is 0 Å². The number of thiocarbonyl (C=S) groups is 1. The number of anilines is 2. The number of benzene rings is 1. The number of carbonyl (C=O) groups is 1. The minimum absolute atomic E-state index is 0.0131. The molecule has 4 nitrogen and oxygen atoms in total. The molecule has 1 heterocycles. The third-order valence-electron chi connectivity index (χ3n) is 4.36. The number of fused-ring (bicyclic) bond motifs is 1. The third-order valence-corrected chi connectivity index (χ3v) is 5.77. The topological polar surface area (TPSA) is 50.4 Å². The number of esters is 1. The van der Waals surface area contributed by atoms with Crippen LogP contribution in [0.4, 0.5) is 23.9 Å². The van der Waals surface area contributed by atoms with Crippen LogP contribution < -0.4 is 10.6 Å². The van der Waals surface area contributed by atoms with Crippen molar-refractivity contribution in [3.8, 4) is 0 Å². The Kier molecular flexibility index (Phi) is 6.24. The van der Waals surface area contributed by atoms with Crippen molar-refractivity contribution < 1.29 is 22.7 Å². The van der Waals surface area contributed by atoms with Crippen molar-refractivity contribution in [2.45, 2.75) is 38.8 Å². The molecule has 0 bridgehead atoms. The predicted octanol–water partition coefficient (Wildman–Crippen LogP) is 5.63. The number of ether oxygens (including phenoxy) is 1. The molecular weight excluding hydrogens is 409 g/mol. The minimum atomic E-state index is -4.50. The molecule has 2 aromatic rings. The zero-order chi connectivity index (χ0) is 20.3. The van der Waals surface area contributed by atoms with E-state index >= 15 is 0 Å². The number of thiophene rings is 1. The summed E-state index contributed by atoms with van der Waals surface area (Å²) in [5, 5.41) is 6.00. The molecule has 0 amide bonds. The van der Waals surface area contributed by atoms with Crippen LogP contribution in [-0.2, 0) is 23.8 Å². The number of carbonyl (C=O) groups excluding carboxylic acids is 1. The highest BCUT2D eigenvalue weighted by atomic mass is 32.1. The first-order valence-corrected chi connectivity index (χ1v) is 10.1. The van der Waals surface area contributed by atoms with E-state index in [0.717, 1.165) is 42.2 Å². The molecule has 0 radical (unpaired) electrons. The molecule has 1 aromatic heterocycles. The van der Waals surface area contributed by atoms with Crippen molar-refractivity contribution in [3.63, 3.8) is 0 Å². The van der Waals surface area contributed by atoms with Crippen LogP contribution in [0.25, 0.3) is 0 Å². The van der Waals surface area contributed by atoms with E-state index in [1.165, 1.54) is 29.5 Å². The summed E-state index contributed by atoms with van der Waals surface area (Å²) in [4.78, 5) is 13.5. The van der Waals surface area contributed by atoms with E-state index in [1.54, 1.807) is 6.92 Å². The number of nitrogens with one attached hydrogen (secondary N) is 2. The van der Waals surface area contributed by atoms with Gasteiger partial charge in [0.25, 0.3) is 0 Å². The highest BCUT2D eigenvalue weighted by molar-refractivity contribution is 7.80. The van der Waals surface area contributed by atoms with Gasteiger partial charge < -0.3 is 15.4 Å². The second-order valence-corrected chi connectivity index (χ2v) is 7.77. The number of rotatable bonds is 4. The smallest absolute Gasteiger partial charge is 0.418 e. The lowest BCUT2D eigenvalue weighted by Gasteiger charge is -2.16. The van der Waals surface area contributed by atoms with Crippen molar-refractivity contribution in [2.24, 2.45) is 0 Å². The SMILES string of the molecule is CCOC(=O)c1c(NC(=S)Nc2ccccc2C(F)(F)F)sc2c1CCCC2. The minimum Gasteiger partial charge on any atom is -0.462 e. The quantitative estimate of drug-likeness (QED) is 0.488. The van der Waals surface area contributed by atoms with Crippen LogP contribution in [0.3, 0.4) is 0 Å². The van der Waals surface area contributed by atoms with E-state index in [9.17, 15) is 18.0 Å². The molecule has 9 heteroatoms. The van der Waals surface area contributed by atoms with Gasteiger partial charge in [-0.15, -0.1) is 11.3 Å². The molecule has 3 rings (SSSR count). The average molecular weight is 429 g/mol. The average Bonchev–Trinajstić information content (AvgIpc) is 2.99. The summed E-state index contributed by atoms with van der Waals surface area (Å²) in [6, 6.07) is 5.10. The first kappa shape index (κ1) is 20.6. The van der Waals surface area contributed by atoms with Crippen molar-refractivity contribution in [1.82, 2.24) is 0 Å². The second kappa shape index (κ2) is 8.48. The Bertz CT molecular complexity index is 894. The zero-order valence-corrected chi connectivity index (χ0v) is 16.7. The Hall–Kier alpha value is -2.13. The summed E-state index contributed by atoms with van der Waals surface area (Å²) in [6.07, 6.45) is -0.838. The maximum atomic E-state index is 13.2. The Labute approximate surface area is 170 Å². The van der Waals surface area contributed by atoms with Crippen LogP contribution in [0.1, 0.15) is 46.1 Å². The van der Waals surface area contributed by atoms with Crippen LogP contribution in [0.15, 0.2) is 24.3 Å². The van der Waals surface area contributed by atoms with Crippen molar-refractivity contribution in [1.29, 1.82) is 0 Å². The molecule has 0 saturated heterocycles. The molecule has 2 N–H and O–H groups in total. The lowest BCUT2D eigenvalue weighted by molar-refractivity contribution is -0.136. The highest BCUT2D eigenvalue weighted by Crippen LogP contribution is 2.39. The molecule has 0 atom stereocenters. The standard InChI is InChI=1S/C19H19F3N2O2S2/c1-2-26-17(25)15-11-7-3-6-10-14(11)28-16(15)24-18(27)23-13-9-5-4-8-12(13)19(20,21)22/h4-5,8-9H,2-3,6-7,10H2,1H3,(H2,23,24,27). The summed E-state index contributed by atoms with van der Waals surface area (Å²) in [5.74, 6) is -0.442. The summed E-state index contributed by atoms with van der Waals surface area (Å²) < 4.78 is 44.7. The molecule has 0 spiro atoms. The zero-order valence-electron chi connectivity index (χ0n) is 15.1. The maximum Gasteiger partial charge on any atom is 0.418 e. The number of alkyl halides is 3. The molecule has 0 fully saturated rings. The Morgan fingerprint density at radius 1 is 1.21 bits per heavy atom. The number of para-hydroxylation sites is 1. The molecular formula is C19H19F3N2O2S2. The molecule has 150 valence electrons. The normalized spacial score (nSPS) is 13.6. The fourth-order valence-electron chi connectivity index (χ4n) is 3.17. The van der Waals surface area contributed by atoms with Gasteiger partial charge in [0.2, 0.25) is 0 Å². The largest absolute Gasteiger partial charge is 0.462 e. The fraction of sp³-hybridized carbons (Fsp3) is 0.368. The van der Waals surface area contributed by atoms with E-state index in [1.807, 2.05) is 0 Å². The van der Waals surface area contributed by atoms with Crippen LogP contribution >= 0.6 is 23.6 Å². The fourth-order valence-corrected chi connectivity index (χ4v) is 4.73. The molecule has 1 aromatic carbocycles. The Morgan fingerprint density at radius 3 is 2.64 bits per heavy atom. The van der Waals surface area contributed by atoms with Gasteiger partial charge in [0.05, 0.1) is 23.4 Å². The molecule has 0 saturated carbocycles. The third kappa shape index (κ3) is 4.47. The number of halogens is 3. The van der Waals surface area contributed by atoms with Gasteiger partial charge in [-0.2, -0.15) is 13.2 Å². The molecule has 1 aliphatic rings. The number of hydrogen-bond acceptors (Lipinski definition) is 4. The highest BCUT2D eigenvalue weighted by Gasteiger charge is 2.33. The Morgan fingerprint density at radius 2 is 1.93 bits per heavy atom. The van der Waals surface area contributed by atoms with Crippen molar-refractivity contribution >= 4 is 45.3 Å². The summed E-state index contributed by atoms with van der Waals surface area (Å²) in [6.45, 7) is 1.97. The Balaban J connectivity index is 1.85. The van der Waals surface area contributed by atoms with Gasteiger partial charge in [-0.3, -0.25) is 0 Å². The first-order valence-electron chi connectivity index (χ1n) is 8.87. The van der Waals surface area contributed by atoms with Gasteiger partial charge in [-0.1, -0.05) is 12.1 Å². The van der Waals surface area contributed by atoms with Crippen LogP contribution in [0.2, 0.25) is 0 Å². The number of aryl methyl sites for hydroxylation is 1. The van der Waals surface area contributed by atoms with Crippen LogP contribution in [-0.4, -0.2) is 17.7 Å². The molecule has 0 unspecified atom stereocenters. The summed E-state index contributed by atoms with van der Waals surface area (Å²) in [5.41, 5.74) is 0.437. The van der Waals surface area contributed by atoms with Gasteiger partial charge in [-0.25, -0.2) is 4.79 Å². The van der Waals surface area contributed by atoms with Gasteiger partial charge in [0.1, 0.15) is 5.00 Å². The van der Waals surface area contributed by atoms with E-state index in [-0.39, 0.29) is 17.4 Å². The van der Waals surface area contributed by atoms with E-state index < -0.39 is 17.7 Å². The van der Waals surface area contributed by atoms with Gasteiger partial charge in [-0.05, 0) is 62.5 Å². The van der Waals surface area contributed by atoms with E-state index in [0.29, 0.717) is 10.6 Å². The first-order chi connectivity index (χ1) is 13.3. The van der Waals surface area contributed by atoms with E-state index in [2.05, 4.69) is 10.6 Å². The maximum absolute atomic E-state index is 13.2. The van der Waals surface area contributed by atoms with Crippen molar-refractivity contribution in [3.05, 3.63) is 45.8 Å². The second-order valence-electron chi connectivity index (χ2n) is 6.26. The predicted molar refractivity (Wildman–Crippen MR) is 108 cm³/mol. The van der Waals surface area contributed by atoms with Gasteiger partial charge >= 0.3 is 12.1 Å².